The van der Waals surface area contributed by atoms with Crippen LogP contribution in [0.1, 0.15) is 24.4 Å². The minimum atomic E-state index is -3.41. The normalized spacial score (nSPS) is 11.8. The molecule has 0 aliphatic heterocycles. The highest BCUT2D eigenvalue weighted by Gasteiger charge is 2.17. The molecule has 0 spiro atoms. The summed E-state index contributed by atoms with van der Waals surface area (Å²) in [7, 11) is -3.41. The lowest BCUT2D eigenvalue weighted by Gasteiger charge is -2.03. The lowest BCUT2D eigenvalue weighted by molar-refractivity contribution is 0.310. The Hall–Kier alpha value is -2.16. The summed E-state index contributed by atoms with van der Waals surface area (Å²) in [6, 6.07) is 7.83. The molecule has 0 amide bonds. The van der Waals surface area contributed by atoms with Gasteiger partial charge < -0.3 is 4.42 Å². The van der Waals surface area contributed by atoms with Crippen LogP contribution in [0.4, 0.5) is 0 Å². The van der Waals surface area contributed by atoms with Gasteiger partial charge in [-0.25, -0.2) is 4.98 Å². The van der Waals surface area contributed by atoms with E-state index >= 15 is 0 Å². The van der Waals surface area contributed by atoms with Crippen molar-refractivity contribution in [3.63, 3.8) is 0 Å². The summed E-state index contributed by atoms with van der Waals surface area (Å²) in [5.41, 5.74) is 1.63. The summed E-state index contributed by atoms with van der Waals surface area (Å²) in [5.74, 6) is 1.49. The van der Waals surface area contributed by atoms with Crippen molar-refractivity contribution < 1.29 is 17.0 Å². The van der Waals surface area contributed by atoms with Crippen molar-refractivity contribution in [3.8, 4) is 17.3 Å². The fraction of sp³-hybridized carbons (Fsp3) is 0.333. The third-order valence-electron chi connectivity index (χ3n) is 3.93. The second-order valence-corrected chi connectivity index (χ2v) is 8.18. The number of halogens is 1. The molecule has 144 valence electrons. The van der Waals surface area contributed by atoms with Gasteiger partial charge in [0, 0.05) is 29.4 Å². The van der Waals surface area contributed by atoms with Gasteiger partial charge in [-0.2, -0.15) is 13.4 Å². The van der Waals surface area contributed by atoms with Crippen LogP contribution in [-0.4, -0.2) is 35.8 Å². The van der Waals surface area contributed by atoms with E-state index in [-0.39, 0.29) is 6.61 Å². The van der Waals surface area contributed by atoms with E-state index in [4.69, 9.17) is 20.2 Å². The zero-order chi connectivity index (χ0) is 19.4. The maximum atomic E-state index is 11.0. The van der Waals surface area contributed by atoms with Crippen molar-refractivity contribution in [2.24, 2.45) is 0 Å². The standard InChI is InChI=1S/C18H20ClN3O4S/c1-13-20-10-11-22(13)18-21-17(14-6-8-15(19)9-7-14)16(26-18)5-3-4-12-25-27(2,23)24/h6-11H,3-5,12H2,1-2H3. The average molecular weight is 410 g/mol. The van der Waals surface area contributed by atoms with Crippen LogP contribution in [0.5, 0.6) is 0 Å². The Balaban J connectivity index is 1.81. The van der Waals surface area contributed by atoms with Crippen LogP contribution in [0.15, 0.2) is 41.1 Å². The van der Waals surface area contributed by atoms with Crippen LogP contribution in [-0.2, 0) is 20.7 Å². The summed E-state index contributed by atoms with van der Waals surface area (Å²) >= 11 is 5.98. The summed E-state index contributed by atoms with van der Waals surface area (Å²) in [5, 5.41) is 0.646. The van der Waals surface area contributed by atoms with Crippen LogP contribution < -0.4 is 0 Å². The van der Waals surface area contributed by atoms with E-state index < -0.39 is 10.1 Å². The van der Waals surface area contributed by atoms with Crippen LogP contribution in [0.25, 0.3) is 17.3 Å². The quantitative estimate of drug-likeness (QED) is 0.415. The monoisotopic (exact) mass is 409 g/mol. The van der Waals surface area contributed by atoms with Crippen molar-refractivity contribution in [2.75, 3.05) is 12.9 Å². The highest BCUT2D eigenvalue weighted by atomic mass is 35.5. The number of aromatic nitrogens is 3. The van der Waals surface area contributed by atoms with Gasteiger partial charge in [-0.1, -0.05) is 23.7 Å². The Morgan fingerprint density at radius 1 is 1.22 bits per heavy atom. The highest BCUT2D eigenvalue weighted by Crippen LogP contribution is 2.28. The van der Waals surface area contributed by atoms with Crippen LogP contribution >= 0.6 is 11.6 Å². The zero-order valence-corrected chi connectivity index (χ0v) is 16.6. The molecule has 3 aromatic rings. The Morgan fingerprint density at radius 3 is 2.59 bits per heavy atom. The van der Waals surface area contributed by atoms with Gasteiger partial charge in [0.05, 0.1) is 12.9 Å². The molecular formula is C18H20ClN3O4S. The van der Waals surface area contributed by atoms with E-state index in [2.05, 4.69) is 9.97 Å². The van der Waals surface area contributed by atoms with Crippen molar-refractivity contribution in [1.29, 1.82) is 0 Å². The third kappa shape index (κ3) is 5.18. The molecule has 27 heavy (non-hydrogen) atoms. The van der Waals surface area contributed by atoms with Gasteiger partial charge in [0.15, 0.2) is 0 Å². The van der Waals surface area contributed by atoms with Gasteiger partial charge in [0.25, 0.3) is 10.1 Å². The van der Waals surface area contributed by atoms with Crippen molar-refractivity contribution >= 4 is 21.7 Å². The summed E-state index contributed by atoms with van der Waals surface area (Å²) < 4.78 is 34.6. The summed E-state index contributed by atoms with van der Waals surface area (Å²) in [4.78, 5) is 8.84. The van der Waals surface area contributed by atoms with Gasteiger partial charge in [-0.3, -0.25) is 8.75 Å². The van der Waals surface area contributed by atoms with Crippen molar-refractivity contribution in [1.82, 2.24) is 14.5 Å². The predicted octanol–water partition coefficient (Wildman–Crippen LogP) is 3.79. The summed E-state index contributed by atoms with van der Waals surface area (Å²) in [6.07, 6.45) is 6.41. The van der Waals surface area contributed by atoms with E-state index in [0.29, 0.717) is 30.3 Å². The molecule has 2 heterocycles. The molecule has 0 atom stereocenters. The number of benzene rings is 1. The molecule has 0 saturated carbocycles. The van der Waals surface area contributed by atoms with E-state index in [1.54, 1.807) is 29.1 Å². The number of hydrogen-bond donors (Lipinski definition) is 0. The molecule has 0 fully saturated rings. The van der Waals surface area contributed by atoms with Gasteiger partial charge >= 0.3 is 6.01 Å². The van der Waals surface area contributed by atoms with Gasteiger partial charge in [0.1, 0.15) is 17.3 Å². The lowest BCUT2D eigenvalue weighted by atomic mass is 10.1. The third-order valence-corrected chi connectivity index (χ3v) is 4.78. The number of rotatable bonds is 8. The molecule has 2 aromatic heterocycles. The first-order valence-corrected chi connectivity index (χ1v) is 10.6. The Labute approximate surface area is 163 Å². The van der Waals surface area contributed by atoms with E-state index in [1.807, 2.05) is 19.1 Å². The Bertz CT molecular complexity index is 1010. The average Bonchev–Trinajstić information content (AvgIpc) is 3.20. The number of nitrogens with zero attached hydrogens (tertiary/aromatic N) is 3. The zero-order valence-electron chi connectivity index (χ0n) is 15.1. The Kier molecular flexibility index (Phi) is 5.98. The number of unbranched alkanes of at least 4 members (excludes halogenated alkanes) is 1. The van der Waals surface area contributed by atoms with Crippen molar-refractivity contribution in [2.45, 2.75) is 26.2 Å². The maximum Gasteiger partial charge on any atom is 0.307 e. The molecule has 0 N–H and O–H groups in total. The number of imidazole rings is 1. The van der Waals surface area contributed by atoms with Crippen LogP contribution in [0.2, 0.25) is 5.02 Å². The molecule has 9 heteroatoms. The number of hydrogen-bond acceptors (Lipinski definition) is 6. The van der Waals surface area contributed by atoms with E-state index in [1.165, 1.54) is 0 Å². The fourth-order valence-corrected chi connectivity index (χ4v) is 3.17. The number of aryl methyl sites for hydroxylation is 2. The van der Waals surface area contributed by atoms with Crippen LogP contribution in [0.3, 0.4) is 0 Å². The molecule has 7 nitrogen and oxygen atoms in total. The fourth-order valence-electron chi connectivity index (χ4n) is 2.62. The largest absolute Gasteiger partial charge is 0.427 e. The molecule has 0 radical (unpaired) electrons. The molecule has 0 bridgehead atoms. The highest BCUT2D eigenvalue weighted by molar-refractivity contribution is 7.85. The number of oxazole rings is 1. The lowest BCUT2D eigenvalue weighted by Crippen LogP contribution is -2.04. The second kappa shape index (κ2) is 8.24. The maximum absolute atomic E-state index is 11.0. The first-order valence-electron chi connectivity index (χ1n) is 8.44. The second-order valence-electron chi connectivity index (χ2n) is 6.10. The molecule has 3 rings (SSSR count). The van der Waals surface area contributed by atoms with Crippen LogP contribution in [0, 0.1) is 6.92 Å². The minimum absolute atomic E-state index is 0.150. The molecule has 0 unspecified atom stereocenters. The topological polar surface area (TPSA) is 87.2 Å². The Morgan fingerprint density at radius 2 is 1.96 bits per heavy atom. The minimum Gasteiger partial charge on any atom is -0.427 e. The SMILES string of the molecule is Cc1nccn1-c1nc(-c2ccc(Cl)cc2)c(CCCCOS(C)(=O)=O)o1. The summed E-state index contributed by atoms with van der Waals surface area (Å²) in [6.45, 7) is 2.02. The van der Waals surface area contributed by atoms with Gasteiger partial charge in [-0.05, 0) is 31.9 Å². The van der Waals surface area contributed by atoms with Gasteiger partial charge in [0.2, 0.25) is 0 Å². The molecule has 0 aliphatic carbocycles. The smallest absolute Gasteiger partial charge is 0.307 e. The van der Waals surface area contributed by atoms with E-state index in [0.717, 1.165) is 29.1 Å². The first-order chi connectivity index (χ1) is 12.8. The molecule has 0 aliphatic rings. The van der Waals surface area contributed by atoms with Gasteiger partial charge in [-0.15, -0.1) is 0 Å². The molecular weight excluding hydrogens is 390 g/mol. The van der Waals surface area contributed by atoms with E-state index in [9.17, 15) is 8.42 Å². The van der Waals surface area contributed by atoms with Crippen molar-refractivity contribution in [3.05, 3.63) is 53.3 Å². The molecule has 0 saturated heterocycles. The predicted molar refractivity (Wildman–Crippen MR) is 103 cm³/mol. The first kappa shape index (κ1) is 19.6. The molecule has 1 aromatic carbocycles.